The van der Waals surface area contributed by atoms with E-state index in [2.05, 4.69) is 31.8 Å². The normalized spacial score (nSPS) is 14.9. The number of nitrogens with one attached hydrogen (secondary N) is 2. The molecule has 0 atom stereocenters. The Labute approximate surface area is 149 Å². The molecule has 2 rings (SSSR count). The largest absolute Gasteiger partial charge is 0.443 e. The number of anilines is 1. The van der Waals surface area contributed by atoms with E-state index in [0.29, 0.717) is 32.0 Å². The quantitative estimate of drug-likeness (QED) is 0.735. The summed E-state index contributed by atoms with van der Waals surface area (Å²) in [6, 6.07) is 1.82. The van der Waals surface area contributed by atoms with Crippen molar-refractivity contribution >= 4 is 33.6 Å². The van der Waals surface area contributed by atoms with E-state index in [4.69, 9.17) is 9.47 Å². The van der Waals surface area contributed by atoms with E-state index in [1.807, 2.05) is 11.0 Å². The van der Waals surface area contributed by atoms with Gasteiger partial charge >= 0.3 is 6.09 Å². The molecule has 132 valence electrons. The third kappa shape index (κ3) is 5.34. The summed E-state index contributed by atoms with van der Waals surface area (Å²) in [5, 5.41) is 0. The van der Waals surface area contributed by atoms with E-state index in [1.165, 1.54) is 6.20 Å². The lowest BCUT2D eigenvalue weighted by Gasteiger charge is -2.30. The van der Waals surface area contributed by atoms with Crippen LogP contribution in [0.3, 0.4) is 0 Å². The zero-order valence-electron chi connectivity index (χ0n) is 13.9. The first-order valence-corrected chi connectivity index (χ1v) is 8.33. The van der Waals surface area contributed by atoms with E-state index in [-0.39, 0.29) is 5.69 Å². The Morgan fingerprint density at radius 1 is 1.29 bits per heavy atom. The van der Waals surface area contributed by atoms with Crippen molar-refractivity contribution < 1.29 is 19.1 Å². The molecule has 0 saturated carbocycles. The molecule has 1 aliphatic heterocycles. The van der Waals surface area contributed by atoms with Gasteiger partial charge < -0.3 is 14.4 Å². The number of carbonyl (C=O) groups is 2. The van der Waals surface area contributed by atoms with Crippen molar-refractivity contribution in [1.82, 2.24) is 15.8 Å². The molecule has 0 aliphatic carbocycles. The van der Waals surface area contributed by atoms with Crippen molar-refractivity contribution in [3.05, 3.63) is 22.4 Å². The highest BCUT2D eigenvalue weighted by molar-refractivity contribution is 9.10. The Kier molecular flexibility index (Phi) is 6.00. The molecule has 2 amide bonds. The van der Waals surface area contributed by atoms with Gasteiger partial charge in [-0.15, -0.1) is 0 Å². The fourth-order valence-electron chi connectivity index (χ4n) is 2.12. The number of carbonyl (C=O) groups excluding carboxylic acids is 2. The molecule has 1 saturated heterocycles. The van der Waals surface area contributed by atoms with Gasteiger partial charge in [-0.1, -0.05) is 0 Å². The Morgan fingerprint density at radius 2 is 1.96 bits per heavy atom. The van der Waals surface area contributed by atoms with Crippen molar-refractivity contribution in [2.45, 2.75) is 26.4 Å². The van der Waals surface area contributed by atoms with E-state index in [9.17, 15) is 9.59 Å². The predicted octanol–water partition coefficient (Wildman–Crippen LogP) is 1.85. The van der Waals surface area contributed by atoms with Crippen molar-refractivity contribution in [3.8, 4) is 0 Å². The molecule has 24 heavy (non-hydrogen) atoms. The fourth-order valence-corrected chi connectivity index (χ4v) is 2.44. The van der Waals surface area contributed by atoms with Gasteiger partial charge in [-0.05, 0) is 42.8 Å². The second-order valence-electron chi connectivity index (χ2n) is 6.20. The van der Waals surface area contributed by atoms with Crippen LogP contribution in [0.15, 0.2) is 16.7 Å². The first-order chi connectivity index (χ1) is 11.3. The predicted molar refractivity (Wildman–Crippen MR) is 91.8 cm³/mol. The monoisotopic (exact) mass is 400 g/mol. The molecule has 2 heterocycles. The maximum atomic E-state index is 12.4. The van der Waals surface area contributed by atoms with Crippen LogP contribution in [0.25, 0.3) is 0 Å². The van der Waals surface area contributed by atoms with Gasteiger partial charge in [0.05, 0.1) is 18.9 Å². The Balaban J connectivity index is 2.07. The van der Waals surface area contributed by atoms with Gasteiger partial charge in [0.15, 0.2) is 5.69 Å². The van der Waals surface area contributed by atoms with E-state index >= 15 is 0 Å². The van der Waals surface area contributed by atoms with Crippen LogP contribution in [0.4, 0.5) is 10.5 Å². The third-order valence-corrected chi connectivity index (χ3v) is 3.51. The molecule has 1 aromatic rings. The first kappa shape index (κ1) is 18.5. The van der Waals surface area contributed by atoms with Crippen LogP contribution in [0.1, 0.15) is 31.3 Å². The van der Waals surface area contributed by atoms with E-state index in [1.54, 1.807) is 20.8 Å². The molecule has 1 aliphatic rings. The minimum absolute atomic E-state index is 0.219. The molecular weight excluding hydrogens is 380 g/mol. The molecule has 8 nitrogen and oxygen atoms in total. The highest BCUT2D eigenvalue weighted by Gasteiger charge is 2.22. The van der Waals surface area contributed by atoms with Crippen LogP contribution in [0.5, 0.6) is 0 Å². The SMILES string of the molecule is CC(C)(C)OC(=O)NNC(=O)c1ncc(Br)cc1N1CCOCC1. The number of halogens is 1. The lowest BCUT2D eigenvalue weighted by atomic mass is 10.2. The Morgan fingerprint density at radius 3 is 2.58 bits per heavy atom. The van der Waals surface area contributed by atoms with Gasteiger partial charge in [0.1, 0.15) is 5.60 Å². The van der Waals surface area contributed by atoms with Crippen LogP contribution in [-0.4, -0.2) is 48.9 Å². The van der Waals surface area contributed by atoms with Gasteiger partial charge in [-0.2, -0.15) is 0 Å². The number of amides is 2. The minimum Gasteiger partial charge on any atom is -0.443 e. The summed E-state index contributed by atoms with van der Waals surface area (Å²) in [7, 11) is 0. The number of rotatable bonds is 2. The number of hydrogen-bond acceptors (Lipinski definition) is 6. The average molecular weight is 401 g/mol. The molecule has 2 N–H and O–H groups in total. The van der Waals surface area contributed by atoms with Crippen molar-refractivity contribution in [2.24, 2.45) is 0 Å². The molecule has 0 bridgehead atoms. The summed E-state index contributed by atoms with van der Waals surface area (Å²) in [5.74, 6) is -0.519. The summed E-state index contributed by atoms with van der Waals surface area (Å²) in [6.45, 7) is 7.72. The maximum Gasteiger partial charge on any atom is 0.426 e. The second-order valence-corrected chi connectivity index (χ2v) is 7.12. The highest BCUT2D eigenvalue weighted by atomic mass is 79.9. The Hall–Kier alpha value is -1.87. The van der Waals surface area contributed by atoms with Crippen molar-refractivity contribution in [2.75, 3.05) is 31.2 Å². The van der Waals surface area contributed by atoms with Crippen molar-refractivity contribution in [1.29, 1.82) is 0 Å². The van der Waals surface area contributed by atoms with Gasteiger partial charge in [0, 0.05) is 23.8 Å². The number of aromatic nitrogens is 1. The fraction of sp³-hybridized carbons (Fsp3) is 0.533. The maximum absolute atomic E-state index is 12.4. The van der Waals surface area contributed by atoms with Gasteiger partial charge in [0.2, 0.25) is 0 Å². The Bertz CT molecular complexity index is 612. The smallest absolute Gasteiger partial charge is 0.426 e. The molecule has 1 aromatic heterocycles. The molecule has 0 radical (unpaired) electrons. The molecule has 0 spiro atoms. The van der Waals surface area contributed by atoms with Crippen molar-refractivity contribution in [3.63, 3.8) is 0 Å². The van der Waals surface area contributed by atoms with Crippen LogP contribution < -0.4 is 15.8 Å². The molecule has 0 aromatic carbocycles. The summed E-state index contributed by atoms with van der Waals surface area (Å²) in [4.78, 5) is 30.2. The van der Waals surface area contributed by atoms with Crippen LogP contribution >= 0.6 is 15.9 Å². The van der Waals surface area contributed by atoms with Gasteiger partial charge in [0.25, 0.3) is 5.91 Å². The zero-order valence-corrected chi connectivity index (χ0v) is 15.5. The lowest BCUT2D eigenvalue weighted by molar-refractivity contribution is 0.0483. The standard InChI is InChI=1S/C15H21BrN4O4/c1-15(2,3)24-14(22)19-18-13(21)12-11(8-10(16)9-17-12)20-4-6-23-7-5-20/h8-9H,4-7H2,1-3H3,(H,18,21)(H,19,22). The van der Waals surface area contributed by atoms with Gasteiger partial charge in [-0.3, -0.25) is 10.2 Å². The molecular formula is C15H21BrN4O4. The van der Waals surface area contributed by atoms with Crippen LogP contribution in [0.2, 0.25) is 0 Å². The third-order valence-electron chi connectivity index (χ3n) is 3.08. The summed E-state index contributed by atoms with van der Waals surface area (Å²) >= 11 is 3.37. The number of hydrogen-bond donors (Lipinski definition) is 2. The zero-order chi connectivity index (χ0) is 17.7. The van der Waals surface area contributed by atoms with E-state index < -0.39 is 17.6 Å². The van der Waals surface area contributed by atoms with Crippen LogP contribution in [0, 0.1) is 0 Å². The second kappa shape index (κ2) is 7.80. The summed E-state index contributed by atoms with van der Waals surface area (Å²) in [6.07, 6.45) is 0.799. The number of pyridine rings is 1. The number of hydrazine groups is 1. The van der Waals surface area contributed by atoms with E-state index in [0.717, 1.165) is 4.47 Å². The lowest BCUT2D eigenvalue weighted by Crippen LogP contribution is -2.45. The highest BCUT2D eigenvalue weighted by Crippen LogP contribution is 2.24. The summed E-state index contributed by atoms with van der Waals surface area (Å²) < 4.78 is 11.2. The molecule has 0 unspecified atom stereocenters. The van der Waals surface area contributed by atoms with Gasteiger partial charge in [-0.25, -0.2) is 15.2 Å². The molecule has 1 fully saturated rings. The topological polar surface area (TPSA) is 92.8 Å². The average Bonchev–Trinajstić information content (AvgIpc) is 2.52. The van der Waals surface area contributed by atoms with Crippen LogP contribution in [-0.2, 0) is 9.47 Å². The number of nitrogens with zero attached hydrogens (tertiary/aromatic N) is 2. The summed E-state index contributed by atoms with van der Waals surface area (Å²) in [5.41, 5.74) is 4.79. The first-order valence-electron chi connectivity index (χ1n) is 7.54. The number of ether oxygens (including phenoxy) is 2. The molecule has 9 heteroatoms. The minimum atomic E-state index is -0.735. The number of morpholine rings is 1.